The van der Waals surface area contributed by atoms with E-state index in [1.807, 2.05) is 6.33 Å². The maximum atomic E-state index is 12.6. The van der Waals surface area contributed by atoms with E-state index in [-0.39, 0.29) is 5.92 Å². The van der Waals surface area contributed by atoms with Crippen molar-refractivity contribution in [1.29, 1.82) is 0 Å². The van der Waals surface area contributed by atoms with E-state index in [2.05, 4.69) is 45.3 Å². The van der Waals surface area contributed by atoms with Crippen LogP contribution in [0, 0.1) is 19.8 Å². The molecule has 4 rings (SSSR count). The fourth-order valence-corrected chi connectivity index (χ4v) is 4.16. The third kappa shape index (κ3) is 3.30. The zero-order chi connectivity index (χ0) is 17.4. The van der Waals surface area contributed by atoms with Gasteiger partial charge in [0.25, 0.3) is 0 Å². The topological polar surface area (TPSA) is 41.4 Å². The molecule has 0 spiro atoms. The van der Waals surface area contributed by atoms with Gasteiger partial charge in [-0.2, -0.15) is 0 Å². The van der Waals surface area contributed by atoms with E-state index in [0.29, 0.717) is 5.91 Å². The van der Waals surface area contributed by atoms with Crippen LogP contribution in [0.1, 0.15) is 36.8 Å². The molecule has 134 valence electrons. The molecule has 5 heteroatoms. The van der Waals surface area contributed by atoms with Crippen molar-refractivity contribution in [2.45, 2.75) is 46.2 Å². The second-order valence-corrected chi connectivity index (χ2v) is 7.71. The highest BCUT2D eigenvalue weighted by atomic mass is 16.2. The molecule has 3 heterocycles. The van der Waals surface area contributed by atoms with Crippen LogP contribution in [0.25, 0.3) is 11.0 Å². The van der Waals surface area contributed by atoms with E-state index in [1.54, 1.807) is 0 Å². The molecule has 0 saturated carbocycles. The molecule has 2 saturated heterocycles. The molecule has 5 nitrogen and oxygen atoms in total. The number of rotatable bonds is 3. The number of nitrogens with zero attached hydrogens (tertiary/aromatic N) is 4. The molecule has 2 aliphatic heterocycles. The lowest BCUT2D eigenvalue weighted by Gasteiger charge is -2.33. The smallest absolute Gasteiger partial charge is 0.225 e. The number of carbonyl (C=O) groups is 1. The zero-order valence-corrected chi connectivity index (χ0v) is 15.4. The SMILES string of the molecule is Cc1cc2ncn(CN3CCC(C(=O)N4CCCC4)CC3)c2cc1C. The van der Waals surface area contributed by atoms with Gasteiger partial charge in [-0.1, -0.05) is 0 Å². The van der Waals surface area contributed by atoms with Gasteiger partial charge in [-0.25, -0.2) is 4.98 Å². The highest BCUT2D eigenvalue weighted by molar-refractivity contribution is 5.79. The molecule has 2 aromatic rings. The molecule has 0 radical (unpaired) electrons. The molecule has 0 bridgehead atoms. The van der Waals surface area contributed by atoms with Crippen molar-refractivity contribution in [1.82, 2.24) is 19.4 Å². The summed E-state index contributed by atoms with van der Waals surface area (Å²) in [4.78, 5) is 21.6. The summed E-state index contributed by atoms with van der Waals surface area (Å²) in [5, 5.41) is 0. The van der Waals surface area contributed by atoms with Gasteiger partial charge in [-0.05, 0) is 62.8 Å². The van der Waals surface area contributed by atoms with Gasteiger partial charge < -0.3 is 9.47 Å². The highest BCUT2D eigenvalue weighted by Crippen LogP contribution is 2.24. The Morgan fingerprint density at radius 1 is 1.08 bits per heavy atom. The van der Waals surface area contributed by atoms with Crippen molar-refractivity contribution in [3.63, 3.8) is 0 Å². The average molecular weight is 340 g/mol. The van der Waals surface area contributed by atoms with Crippen LogP contribution in [0.15, 0.2) is 18.5 Å². The third-order valence-corrected chi connectivity index (χ3v) is 5.94. The number of likely N-dealkylation sites (tertiary alicyclic amines) is 2. The second kappa shape index (κ2) is 6.79. The molecular formula is C20H28N4O. The predicted molar refractivity (Wildman–Crippen MR) is 99.3 cm³/mol. The van der Waals surface area contributed by atoms with Gasteiger partial charge in [-0.3, -0.25) is 9.69 Å². The van der Waals surface area contributed by atoms with Gasteiger partial charge in [0.15, 0.2) is 0 Å². The second-order valence-electron chi connectivity index (χ2n) is 7.71. The van der Waals surface area contributed by atoms with Crippen LogP contribution in [-0.2, 0) is 11.5 Å². The van der Waals surface area contributed by atoms with Crippen LogP contribution >= 0.6 is 0 Å². The number of amides is 1. The first-order chi connectivity index (χ1) is 12.1. The standard InChI is InChI=1S/C20H28N4O/c1-15-11-18-19(12-16(15)2)24(13-21-18)14-22-9-5-17(6-10-22)20(25)23-7-3-4-8-23/h11-13,17H,3-10,14H2,1-2H3. The van der Waals surface area contributed by atoms with Crippen molar-refractivity contribution in [3.8, 4) is 0 Å². The maximum absolute atomic E-state index is 12.6. The van der Waals surface area contributed by atoms with Crippen LogP contribution in [0.3, 0.4) is 0 Å². The Balaban J connectivity index is 1.39. The number of carbonyl (C=O) groups excluding carboxylic acids is 1. The van der Waals surface area contributed by atoms with E-state index in [4.69, 9.17) is 0 Å². The highest BCUT2D eigenvalue weighted by Gasteiger charge is 2.29. The van der Waals surface area contributed by atoms with Crippen LogP contribution in [-0.4, -0.2) is 51.4 Å². The van der Waals surface area contributed by atoms with Gasteiger partial charge >= 0.3 is 0 Å². The van der Waals surface area contributed by atoms with E-state index in [9.17, 15) is 4.79 Å². The zero-order valence-electron chi connectivity index (χ0n) is 15.4. The Kier molecular flexibility index (Phi) is 4.50. The minimum Gasteiger partial charge on any atom is -0.342 e. The molecule has 0 unspecified atom stereocenters. The third-order valence-electron chi connectivity index (χ3n) is 5.94. The minimum atomic E-state index is 0.235. The number of hydrogen-bond acceptors (Lipinski definition) is 3. The Bertz CT molecular complexity index is 767. The fraction of sp³-hybridized carbons (Fsp3) is 0.600. The molecule has 0 atom stereocenters. The first kappa shape index (κ1) is 16.6. The largest absolute Gasteiger partial charge is 0.342 e. The van der Waals surface area contributed by atoms with Gasteiger partial charge in [0.1, 0.15) is 0 Å². The Labute approximate surface area is 149 Å². The molecule has 0 N–H and O–H groups in total. The monoisotopic (exact) mass is 340 g/mol. The van der Waals surface area contributed by atoms with Crippen molar-refractivity contribution >= 4 is 16.9 Å². The van der Waals surface area contributed by atoms with Crippen molar-refractivity contribution in [3.05, 3.63) is 29.6 Å². The number of aromatic nitrogens is 2. The first-order valence-electron chi connectivity index (χ1n) is 9.55. The van der Waals surface area contributed by atoms with Crippen molar-refractivity contribution < 1.29 is 4.79 Å². The Hall–Kier alpha value is -1.88. The molecule has 1 aromatic carbocycles. The van der Waals surface area contributed by atoms with Gasteiger partial charge in [0, 0.05) is 32.1 Å². The molecule has 0 aliphatic carbocycles. The van der Waals surface area contributed by atoms with Crippen LogP contribution in [0.5, 0.6) is 0 Å². The number of piperidine rings is 1. The Morgan fingerprint density at radius 3 is 2.48 bits per heavy atom. The maximum Gasteiger partial charge on any atom is 0.225 e. The summed E-state index contributed by atoms with van der Waals surface area (Å²) in [5.41, 5.74) is 4.88. The molecule has 2 aliphatic rings. The van der Waals surface area contributed by atoms with E-state index >= 15 is 0 Å². The summed E-state index contributed by atoms with van der Waals surface area (Å²) in [5.74, 6) is 0.634. The molecule has 1 aromatic heterocycles. The lowest BCUT2D eigenvalue weighted by molar-refractivity contribution is -0.136. The summed E-state index contributed by atoms with van der Waals surface area (Å²) >= 11 is 0. The molecule has 2 fully saturated rings. The lowest BCUT2D eigenvalue weighted by Crippen LogP contribution is -2.42. The van der Waals surface area contributed by atoms with Gasteiger partial charge in [-0.15, -0.1) is 0 Å². The first-order valence-corrected chi connectivity index (χ1v) is 9.55. The average Bonchev–Trinajstić information content (AvgIpc) is 3.27. The summed E-state index contributed by atoms with van der Waals surface area (Å²) in [7, 11) is 0. The minimum absolute atomic E-state index is 0.235. The van der Waals surface area contributed by atoms with Crippen molar-refractivity contribution in [2.75, 3.05) is 26.2 Å². The lowest BCUT2D eigenvalue weighted by atomic mass is 9.95. The number of fused-ring (bicyclic) bond motifs is 1. The summed E-state index contributed by atoms with van der Waals surface area (Å²) in [6.07, 6.45) is 6.28. The molecule has 25 heavy (non-hydrogen) atoms. The predicted octanol–water partition coefficient (Wildman–Crippen LogP) is 2.95. The Morgan fingerprint density at radius 2 is 1.76 bits per heavy atom. The number of hydrogen-bond donors (Lipinski definition) is 0. The number of benzene rings is 1. The normalized spacial score (nSPS) is 19.8. The van der Waals surface area contributed by atoms with Crippen LogP contribution in [0.4, 0.5) is 0 Å². The fourth-order valence-electron chi connectivity index (χ4n) is 4.16. The van der Waals surface area contributed by atoms with E-state index < -0.39 is 0 Å². The van der Waals surface area contributed by atoms with Crippen LogP contribution in [0.2, 0.25) is 0 Å². The summed E-state index contributed by atoms with van der Waals surface area (Å²) in [6, 6.07) is 4.41. The summed E-state index contributed by atoms with van der Waals surface area (Å²) < 4.78 is 2.24. The van der Waals surface area contributed by atoms with E-state index in [1.165, 1.54) is 29.5 Å². The van der Waals surface area contributed by atoms with Gasteiger partial charge in [0.2, 0.25) is 5.91 Å². The molecular weight excluding hydrogens is 312 g/mol. The summed E-state index contributed by atoms with van der Waals surface area (Å²) in [6.45, 7) is 9.09. The molecule has 1 amide bonds. The quantitative estimate of drug-likeness (QED) is 0.863. The number of aryl methyl sites for hydroxylation is 2. The van der Waals surface area contributed by atoms with Crippen LogP contribution < -0.4 is 0 Å². The van der Waals surface area contributed by atoms with Crippen molar-refractivity contribution in [2.24, 2.45) is 5.92 Å². The number of imidazole rings is 1. The van der Waals surface area contributed by atoms with E-state index in [0.717, 1.165) is 51.2 Å². The van der Waals surface area contributed by atoms with Gasteiger partial charge in [0.05, 0.1) is 24.0 Å².